The van der Waals surface area contributed by atoms with Gasteiger partial charge in [-0.2, -0.15) is 0 Å². The fourth-order valence-corrected chi connectivity index (χ4v) is 7.59. The molecule has 7 rings (SSSR count). The van der Waals surface area contributed by atoms with Crippen molar-refractivity contribution in [1.82, 2.24) is 14.7 Å². The number of nitrogens with zero attached hydrogens (tertiary/aromatic N) is 3. The van der Waals surface area contributed by atoms with E-state index in [0.717, 1.165) is 18.4 Å². The van der Waals surface area contributed by atoms with Crippen molar-refractivity contribution < 1.29 is 19.2 Å². The first-order valence-electron chi connectivity index (χ1n) is 12.3. The maximum atomic E-state index is 13.3. The fourth-order valence-electron chi connectivity index (χ4n) is 7.59. The van der Waals surface area contributed by atoms with Gasteiger partial charge in [-0.1, -0.05) is 54.6 Å². The molecule has 2 saturated heterocycles. The van der Waals surface area contributed by atoms with E-state index in [4.69, 9.17) is 0 Å². The van der Waals surface area contributed by atoms with Crippen molar-refractivity contribution >= 4 is 23.6 Å². The number of carbonyl (C=O) groups excluding carboxylic acids is 4. The minimum Gasteiger partial charge on any atom is -0.274 e. The molecule has 6 aliphatic rings. The lowest BCUT2D eigenvalue weighted by Crippen LogP contribution is -2.48. The second-order valence-corrected chi connectivity index (χ2v) is 10.8. The molecule has 0 radical (unpaired) electrons. The highest BCUT2D eigenvalue weighted by Gasteiger charge is 2.61. The van der Waals surface area contributed by atoms with Gasteiger partial charge < -0.3 is 0 Å². The van der Waals surface area contributed by atoms with Gasteiger partial charge in [0.1, 0.15) is 0 Å². The Hall–Kier alpha value is -3.06. The molecule has 7 heteroatoms. The summed E-state index contributed by atoms with van der Waals surface area (Å²) in [6.45, 7) is 0.628. The number of imide groups is 2. The van der Waals surface area contributed by atoms with Gasteiger partial charge in [-0.15, -0.1) is 0 Å². The monoisotopic (exact) mass is 457 g/mol. The molecular formula is C27H27N3O4. The minimum absolute atomic E-state index is 0.0938. The van der Waals surface area contributed by atoms with Gasteiger partial charge in [0.2, 0.25) is 23.6 Å². The van der Waals surface area contributed by atoms with Crippen LogP contribution in [0.5, 0.6) is 0 Å². The molecule has 2 heterocycles. The van der Waals surface area contributed by atoms with Crippen LogP contribution in [-0.4, -0.2) is 51.7 Å². The summed E-state index contributed by atoms with van der Waals surface area (Å²) in [7, 11) is 0. The highest BCUT2D eigenvalue weighted by Crippen LogP contribution is 2.53. The van der Waals surface area contributed by atoms with Gasteiger partial charge in [0.25, 0.3) is 0 Å². The van der Waals surface area contributed by atoms with Gasteiger partial charge >= 0.3 is 0 Å². The molecule has 2 aliphatic heterocycles. The maximum absolute atomic E-state index is 13.3. The van der Waals surface area contributed by atoms with Gasteiger partial charge in [-0.3, -0.25) is 33.9 Å². The molecule has 34 heavy (non-hydrogen) atoms. The normalized spacial score (nSPS) is 38.9. The van der Waals surface area contributed by atoms with Gasteiger partial charge in [0.15, 0.2) is 0 Å². The Morgan fingerprint density at radius 1 is 0.618 bits per heavy atom. The van der Waals surface area contributed by atoms with E-state index in [-0.39, 0.29) is 84.3 Å². The Kier molecular flexibility index (Phi) is 4.31. The predicted octanol–water partition coefficient (Wildman–Crippen LogP) is 2.02. The standard InChI is InChI=1S/C27H27N3O4/c31-24-20-16-6-7-17(10-16)21(20)25(32)29(24)13-28(12-15-4-2-1-3-5-15)14-30-26(33)22-18-8-9-19(11-18)23(22)27(30)34/h1-9,16-23H,10-14H2. The summed E-state index contributed by atoms with van der Waals surface area (Å²) in [6.07, 6.45) is 10.1. The van der Waals surface area contributed by atoms with Crippen molar-refractivity contribution in [2.75, 3.05) is 13.3 Å². The largest absolute Gasteiger partial charge is 0.274 e. The lowest BCUT2D eigenvalue weighted by molar-refractivity contribution is -0.146. The summed E-state index contributed by atoms with van der Waals surface area (Å²) >= 11 is 0. The Balaban J connectivity index is 1.14. The highest BCUT2D eigenvalue weighted by atomic mass is 16.2. The molecule has 7 nitrogen and oxygen atoms in total. The lowest BCUT2D eigenvalue weighted by Gasteiger charge is -2.31. The van der Waals surface area contributed by atoms with Crippen molar-refractivity contribution in [3.8, 4) is 0 Å². The van der Waals surface area contributed by atoms with E-state index in [0.29, 0.717) is 6.54 Å². The average molecular weight is 458 g/mol. The maximum Gasteiger partial charge on any atom is 0.234 e. The SMILES string of the molecule is O=C1C2C3C=CC(C3)C2C(=O)N1CN(Cc1ccccc1)CN1C(=O)C2C3C=CC(C3)C2C1=O. The number of rotatable bonds is 6. The number of benzene rings is 1. The number of hydrogen-bond donors (Lipinski definition) is 0. The molecule has 0 N–H and O–H groups in total. The van der Waals surface area contributed by atoms with Crippen molar-refractivity contribution in [2.45, 2.75) is 19.4 Å². The number of hydrogen-bond acceptors (Lipinski definition) is 5. The summed E-state index contributed by atoms with van der Waals surface area (Å²) in [4.78, 5) is 57.8. The Morgan fingerprint density at radius 2 is 1.00 bits per heavy atom. The van der Waals surface area contributed by atoms with Crippen LogP contribution in [0.25, 0.3) is 0 Å². The first kappa shape index (κ1) is 20.3. The molecular weight excluding hydrogens is 430 g/mol. The lowest BCUT2D eigenvalue weighted by atomic mass is 9.85. The number of allylic oxidation sites excluding steroid dienone is 4. The van der Waals surface area contributed by atoms with Gasteiger partial charge in [0, 0.05) is 6.54 Å². The minimum atomic E-state index is -0.253. The zero-order valence-corrected chi connectivity index (χ0v) is 18.8. The molecule has 4 bridgehead atoms. The van der Waals surface area contributed by atoms with Crippen LogP contribution in [-0.2, 0) is 25.7 Å². The van der Waals surface area contributed by atoms with E-state index >= 15 is 0 Å². The first-order valence-corrected chi connectivity index (χ1v) is 12.3. The molecule has 4 fully saturated rings. The van der Waals surface area contributed by atoms with Crippen LogP contribution in [0.2, 0.25) is 0 Å². The van der Waals surface area contributed by atoms with Crippen LogP contribution in [0.4, 0.5) is 0 Å². The Morgan fingerprint density at radius 3 is 1.38 bits per heavy atom. The van der Waals surface area contributed by atoms with E-state index in [1.807, 2.05) is 35.2 Å². The highest BCUT2D eigenvalue weighted by molar-refractivity contribution is 6.07. The summed E-state index contributed by atoms with van der Waals surface area (Å²) in [5.41, 5.74) is 1.00. The molecule has 1 aromatic carbocycles. The van der Waals surface area contributed by atoms with Crippen LogP contribution in [0.15, 0.2) is 54.6 Å². The quantitative estimate of drug-likeness (QED) is 0.483. The smallest absolute Gasteiger partial charge is 0.234 e. The summed E-state index contributed by atoms with van der Waals surface area (Å²) in [5.74, 6) is -0.821. The van der Waals surface area contributed by atoms with Crippen LogP contribution < -0.4 is 0 Å². The van der Waals surface area contributed by atoms with E-state index in [2.05, 4.69) is 24.3 Å². The zero-order chi connectivity index (χ0) is 23.1. The molecule has 4 amide bonds. The van der Waals surface area contributed by atoms with Crippen LogP contribution >= 0.6 is 0 Å². The molecule has 8 atom stereocenters. The number of likely N-dealkylation sites (tertiary alicyclic amines) is 2. The van der Waals surface area contributed by atoms with Crippen LogP contribution in [0, 0.1) is 47.3 Å². The number of fused-ring (bicyclic) bond motifs is 10. The number of amides is 4. The van der Waals surface area contributed by atoms with Gasteiger partial charge in [-0.25, -0.2) is 0 Å². The van der Waals surface area contributed by atoms with Gasteiger partial charge in [0.05, 0.1) is 37.0 Å². The van der Waals surface area contributed by atoms with E-state index < -0.39 is 0 Å². The summed E-state index contributed by atoms with van der Waals surface area (Å²) < 4.78 is 0. The Labute approximate surface area is 198 Å². The molecule has 2 saturated carbocycles. The molecule has 0 aromatic heterocycles. The van der Waals surface area contributed by atoms with E-state index in [9.17, 15) is 19.2 Å². The fraction of sp³-hybridized carbons (Fsp3) is 0.481. The summed E-state index contributed by atoms with van der Waals surface area (Å²) in [5, 5.41) is 0. The van der Waals surface area contributed by atoms with Crippen molar-refractivity contribution in [3.63, 3.8) is 0 Å². The molecule has 174 valence electrons. The third-order valence-electron chi connectivity index (χ3n) is 9.06. The van der Waals surface area contributed by atoms with Crippen molar-refractivity contribution in [2.24, 2.45) is 47.3 Å². The molecule has 4 aliphatic carbocycles. The molecule has 8 unspecified atom stereocenters. The van der Waals surface area contributed by atoms with Crippen molar-refractivity contribution in [1.29, 1.82) is 0 Å². The van der Waals surface area contributed by atoms with Crippen molar-refractivity contribution in [3.05, 3.63) is 60.2 Å². The number of carbonyl (C=O) groups is 4. The topological polar surface area (TPSA) is 78.0 Å². The van der Waals surface area contributed by atoms with Gasteiger partial charge in [-0.05, 0) is 42.1 Å². The zero-order valence-electron chi connectivity index (χ0n) is 18.8. The second-order valence-electron chi connectivity index (χ2n) is 10.8. The first-order chi connectivity index (χ1) is 16.5. The summed E-state index contributed by atoms with van der Waals surface area (Å²) in [6, 6.07) is 9.77. The Bertz CT molecular complexity index is 1030. The average Bonchev–Trinajstić information content (AvgIpc) is 3.68. The molecule has 0 spiro atoms. The third-order valence-corrected chi connectivity index (χ3v) is 9.06. The van der Waals surface area contributed by atoms with E-state index in [1.165, 1.54) is 9.80 Å². The van der Waals surface area contributed by atoms with E-state index in [1.54, 1.807) is 0 Å². The van der Waals surface area contributed by atoms with Crippen LogP contribution in [0.3, 0.4) is 0 Å². The molecule has 1 aromatic rings. The third kappa shape index (κ3) is 2.73. The second kappa shape index (κ2) is 7.22. The predicted molar refractivity (Wildman–Crippen MR) is 121 cm³/mol. The van der Waals surface area contributed by atoms with Crippen LogP contribution in [0.1, 0.15) is 18.4 Å².